The maximum Gasteiger partial charge on any atom is 0.271 e. The van der Waals surface area contributed by atoms with E-state index >= 15 is 0 Å². The van der Waals surface area contributed by atoms with Crippen LogP contribution in [0.3, 0.4) is 0 Å². The number of sulfonamides is 1. The van der Waals surface area contributed by atoms with Gasteiger partial charge in [-0.2, -0.15) is 0 Å². The number of nitrogens with zero attached hydrogens (tertiary/aromatic N) is 2. The Morgan fingerprint density at radius 3 is 2.48 bits per heavy atom. The van der Waals surface area contributed by atoms with Crippen molar-refractivity contribution in [3.05, 3.63) is 59.1 Å². The van der Waals surface area contributed by atoms with E-state index in [9.17, 15) is 8.42 Å². The van der Waals surface area contributed by atoms with E-state index in [1.165, 1.54) is 17.4 Å². The van der Waals surface area contributed by atoms with Crippen LogP contribution in [0, 0.1) is 0 Å². The average molecular weight is 408 g/mol. The van der Waals surface area contributed by atoms with Crippen LogP contribution in [0.5, 0.6) is 0 Å². The van der Waals surface area contributed by atoms with Gasteiger partial charge in [-0.25, -0.2) is 18.4 Å². The number of thiophene rings is 1. The summed E-state index contributed by atoms with van der Waals surface area (Å²) in [5, 5.41) is 0.841. The van der Waals surface area contributed by atoms with Gasteiger partial charge in [-0.15, -0.1) is 11.3 Å². The summed E-state index contributed by atoms with van der Waals surface area (Å²) in [5.41, 5.74) is 2.24. The standard InChI is InChI=1S/C16H10ClN3O2S3/c17-13-7-8-14(23-13)25(21,22)20-11-5-3-10(4-6-11)15-19-12-2-1-9-18-16(12)24-15/h1-9,20H. The predicted octanol–water partition coefficient (Wildman–Crippen LogP) is 4.87. The summed E-state index contributed by atoms with van der Waals surface area (Å²) in [7, 11) is -3.63. The molecule has 3 aromatic heterocycles. The second kappa shape index (κ2) is 6.38. The average Bonchev–Trinajstić information content (AvgIpc) is 3.21. The van der Waals surface area contributed by atoms with Gasteiger partial charge in [0.2, 0.25) is 0 Å². The summed E-state index contributed by atoms with van der Waals surface area (Å²) in [6, 6.07) is 13.9. The molecule has 25 heavy (non-hydrogen) atoms. The largest absolute Gasteiger partial charge is 0.279 e. The van der Waals surface area contributed by atoms with Crippen LogP contribution >= 0.6 is 34.3 Å². The molecule has 1 N–H and O–H groups in total. The Morgan fingerprint density at radius 1 is 1.00 bits per heavy atom. The number of fused-ring (bicyclic) bond motifs is 1. The zero-order chi connectivity index (χ0) is 17.4. The molecule has 0 unspecified atom stereocenters. The Morgan fingerprint density at radius 2 is 1.80 bits per heavy atom. The predicted molar refractivity (Wildman–Crippen MR) is 103 cm³/mol. The van der Waals surface area contributed by atoms with Crippen LogP contribution in [0.2, 0.25) is 4.34 Å². The maximum atomic E-state index is 12.3. The summed E-state index contributed by atoms with van der Waals surface area (Å²) in [4.78, 5) is 9.70. The molecule has 1 aromatic carbocycles. The molecular formula is C16H10ClN3O2S3. The summed E-state index contributed by atoms with van der Waals surface area (Å²) in [6.45, 7) is 0. The first-order valence-corrected chi connectivity index (χ1v) is 10.6. The highest BCUT2D eigenvalue weighted by molar-refractivity contribution is 7.94. The van der Waals surface area contributed by atoms with Crippen molar-refractivity contribution >= 4 is 60.3 Å². The van der Waals surface area contributed by atoms with Crippen LogP contribution in [0.4, 0.5) is 5.69 Å². The first-order chi connectivity index (χ1) is 12.0. The van der Waals surface area contributed by atoms with E-state index in [1.807, 2.05) is 24.3 Å². The van der Waals surface area contributed by atoms with Gasteiger partial charge in [0.05, 0.1) is 4.34 Å². The van der Waals surface area contributed by atoms with Gasteiger partial charge in [0.15, 0.2) is 0 Å². The molecule has 4 rings (SSSR count). The lowest BCUT2D eigenvalue weighted by atomic mass is 10.2. The second-order valence-corrected chi connectivity index (χ2v) is 9.69. The van der Waals surface area contributed by atoms with Crippen molar-refractivity contribution in [3.63, 3.8) is 0 Å². The topological polar surface area (TPSA) is 72.0 Å². The minimum atomic E-state index is -3.63. The van der Waals surface area contributed by atoms with Gasteiger partial charge in [-0.05, 0) is 48.5 Å². The first kappa shape index (κ1) is 16.5. The molecule has 0 aliphatic carbocycles. The molecule has 0 radical (unpaired) electrons. The Kier molecular flexibility index (Phi) is 4.20. The molecule has 3 heterocycles. The highest BCUT2D eigenvalue weighted by atomic mass is 35.5. The molecule has 0 amide bonds. The number of halogens is 1. The van der Waals surface area contributed by atoms with Crippen LogP contribution < -0.4 is 4.72 Å². The van der Waals surface area contributed by atoms with Crippen molar-refractivity contribution in [1.29, 1.82) is 0 Å². The zero-order valence-electron chi connectivity index (χ0n) is 12.5. The van der Waals surface area contributed by atoms with E-state index in [2.05, 4.69) is 14.7 Å². The number of benzene rings is 1. The lowest BCUT2D eigenvalue weighted by Gasteiger charge is -2.06. The maximum absolute atomic E-state index is 12.3. The van der Waals surface area contributed by atoms with Crippen molar-refractivity contribution < 1.29 is 8.42 Å². The SMILES string of the molecule is O=S(=O)(Nc1ccc(-c2nc3cccnc3s2)cc1)c1ccc(Cl)s1. The van der Waals surface area contributed by atoms with Crippen LogP contribution in [0.1, 0.15) is 0 Å². The monoisotopic (exact) mass is 407 g/mol. The third-order valence-corrected chi connectivity index (χ3v) is 7.50. The third kappa shape index (κ3) is 3.38. The molecule has 4 aromatic rings. The minimum Gasteiger partial charge on any atom is -0.279 e. The molecular weight excluding hydrogens is 398 g/mol. The third-order valence-electron chi connectivity index (χ3n) is 3.36. The fourth-order valence-electron chi connectivity index (χ4n) is 2.22. The number of nitrogens with one attached hydrogen (secondary N) is 1. The van der Waals surface area contributed by atoms with Gasteiger partial charge in [-0.3, -0.25) is 4.72 Å². The molecule has 5 nitrogen and oxygen atoms in total. The molecule has 0 saturated heterocycles. The molecule has 0 bridgehead atoms. The van der Waals surface area contributed by atoms with Gasteiger partial charge < -0.3 is 0 Å². The van der Waals surface area contributed by atoms with Crippen LogP contribution in [0.15, 0.2) is 58.9 Å². The van der Waals surface area contributed by atoms with Crippen LogP contribution in [0.25, 0.3) is 20.9 Å². The summed E-state index contributed by atoms with van der Waals surface area (Å²) >= 11 is 8.32. The van der Waals surface area contributed by atoms with Crippen molar-refractivity contribution in [2.75, 3.05) is 4.72 Å². The van der Waals surface area contributed by atoms with E-state index in [-0.39, 0.29) is 4.21 Å². The van der Waals surface area contributed by atoms with Gasteiger partial charge >= 0.3 is 0 Å². The Hall–Kier alpha value is -2.00. The Labute approximate surface area is 157 Å². The van der Waals surface area contributed by atoms with Gasteiger partial charge in [0, 0.05) is 17.4 Å². The smallest absolute Gasteiger partial charge is 0.271 e. The molecule has 9 heteroatoms. The van der Waals surface area contributed by atoms with Gasteiger partial charge in [0.25, 0.3) is 10.0 Å². The Balaban J connectivity index is 1.59. The lowest BCUT2D eigenvalue weighted by molar-refractivity contribution is 0.603. The van der Waals surface area contributed by atoms with Crippen molar-refractivity contribution in [2.24, 2.45) is 0 Å². The minimum absolute atomic E-state index is 0.179. The fourth-order valence-corrected chi connectivity index (χ4v) is 5.68. The fraction of sp³-hybridized carbons (Fsp3) is 0. The number of hydrogen-bond acceptors (Lipinski definition) is 6. The first-order valence-electron chi connectivity index (χ1n) is 7.11. The molecule has 0 fully saturated rings. The Bertz CT molecular complexity index is 1120. The summed E-state index contributed by atoms with van der Waals surface area (Å²) < 4.78 is 27.8. The molecule has 0 aliphatic rings. The van der Waals surface area contributed by atoms with Crippen molar-refractivity contribution in [2.45, 2.75) is 4.21 Å². The van der Waals surface area contributed by atoms with E-state index < -0.39 is 10.0 Å². The van der Waals surface area contributed by atoms with Gasteiger partial charge in [0.1, 0.15) is 19.6 Å². The lowest BCUT2D eigenvalue weighted by Crippen LogP contribution is -2.11. The number of rotatable bonds is 4. The normalized spacial score (nSPS) is 11.7. The molecule has 0 atom stereocenters. The van der Waals surface area contributed by atoms with E-state index in [0.29, 0.717) is 10.0 Å². The number of pyridine rings is 1. The molecule has 0 saturated carbocycles. The second-order valence-electron chi connectivity index (χ2n) is 5.09. The zero-order valence-corrected chi connectivity index (χ0v) is 15.7. The van der Waals surface area contributed by atoms with Crippen molar-refractivity contribution in [3.8, 4) is 10.6 Å². The number of anilines is 1. The van der Waals surface area contributed by atoms with Crippen molar-refractivity contribution in [1.82, 2.24) is 9.97 Å². The van der Waals surface area contributed by atoms with Gasteiger partial charge in [-0.1, -0.05) is 22.9 Å². The number of thiazole rings is 1. The van der Waals surface area contributed by atoms with E-state index in [1.54, 1.807) is 24.4 Å². The summed E-state index contributed by atoms with van der Waals surface area (Å²) in [6.07, 6.45) is 1.74. The molecule has 0 spiro atoms. The van der Waals surface area contributed by atoms with Crippen LogP contribution in [-0.4, -0.2) is 18.4 Å². The molecule has 126 valence electrons. The number of hydrogen-bond donors (Lipinski definition) is 1. The number of aromatic nitrogens is 2. The van der Waals surface area contributed by atoms with Crippen LogP contribution in [-0.2, 0) is 10.0 Å². The highest BCUT2D eigenvalue weighted by Crippen LogP contribution is 2.31. The molecule has 0 aliphatic heterocycles. The quantitative estimate of drug-likeness (QED) is 0.523. The van der Waals surface area contributed by atoms with E-state index in [0.717, 1.165) is 32.3 Å². The van der Waals surface area contributed by atoms with E-state index in [4.69, 9.17) is 11.6 Å². The summed E-state index contributed by atoms with van der Waals surface area (Å²) in [5.74, 6) is 0. The highest BCUT2D eigenvalue weighted by Gasteiger charge is 2.17.